The first-order valence-electron chi connectivity index (χ1n) is 7.11. The van der Waals surface area contributed by atoms with Crippen molar-refractivity contribution in [1.82, 2.24) is 5.32 Å². The molecular formula is C15H25NO2. The Morgan fingerprint density at radius 2 is 2.06 bits per heavy atom. The van der Waals surface area contributed by atoms with Gasteiger partial charge in [0.2, 0.25) is 0 Å². The monoisotopic (exact) mass is 251 g/mol. The summed E-state index contributed by atoms with van der Waals surface area (Å²) in [5.41, 5.74) is 0.314. The van der Waals surface area contributed by atoms with Crippen LogP contribution in [0.3, 0.4) is 0 Å². The highest BCUT2D eigenvalue weighted by atomic mass is 16.3. The van der Waals surface area contributed by atoms with Crippen molar-refractivity contribution < 1.29 is 9.52 Å². The molecule has 0 spiro atoms. The van der Waals surface area contributed by atoms with Crippen LogP contribution in [0.2, 0.25) is 0 Å². The summed E-state index contributed by atoms with van der Waals surface area (Å²) < 4.78 is 5.55. The van der Waals surface area contributed by atoms with Gasteiger partial charge in [0.05, 0.1) is 6.54 Å². The van der Waals surface area contributed by atoms with Gasteiger partial charge in [0, 0.05) is 13.2 Å². The summed E-state index contributed by atoms with van der Waals surface area (Å²) in [6.45, 7) is 4.06. The summed E-state index contributed by atoms with van der Waals surface area (Å²) in [6.07, 6.45) is 7.39. The van der Waals surface area contributed by atoms with E-state index in [2.05, 4.69) is 5.32 Å². The van der Waals surface area contributed by atoms with E-state index in [1.807, 2.05) is 19.1 Å². The van der Waals surface area contributed by atoms with Gasteiger partial charge < -0.3 is 14.8 Å². The lowest BCUT2D eigenvalue weighted by atomic mass is 9.72. The van der Waals surface area contributed by atoms with Crippen LogP contribution in [-0.2, 0) is 6.54 Å². The van der Waals surface area contributed by atoms with Gasteiger partial charge in [0.15, 0.2) is 0 Å². The van der Waals surface area contributed by atoms with Gasteiger partial charge in [-0.05, 0) is 43.7 Å². The molecule has 1 heterocycles. The summed E-state index contributed by atoms with van der Waals surface area (Å²) in [4.78, 5) is 0. The van der Waals surface area contributed by atoms with E-state index in [0.29, 0.717) is 12.0 Å². The van der Waals surface area contributed by atoms with Crippen molar-refractivity contribution in [2.45, 2.75) is 52.0 Å². The van der Waals surface area contributed by atoms with Crippen molar-refractivity contribution in [3.63, 3.8) is 0 Å². The molecule has 0 aromatic carbocycles. The number of hydrogen-bond acceptors (Lipinski definition) is 3. The van der Waals surface area contributed by atoms with Crippen LogP contribution in [0.5, 0.6) is 0 Å². The van der Waals surface area contributed by atoms with Gasteiger partial charge in [-0.15, -0.1) is 0 Å². The molecule has 1 fully saturated rings. The Bertz CT molecular complexity index is 348. The molecular weight excluding hydrogens is 226 g/mol. The fourth-order valence-electron chi connectivity index (χ4n) is 3.09. The van der Waals surface area contributed by atoms with Gasteiger partial charge in [-0.3, -0.25) is 0 Å². The molecule has 0 atom stereocenters. The van der Waals surface area contributed by atoms with Crippen molar-refractivity contribution in [2.24, 2.45) is 5.41 Å². The highest BCUT2D eigenvalue weighted by Gasteiger charge is 2.30. The van der Waals surface area contributed by atoms with Gasteiger partial charge in [-0.1, -0.05) is 19.3 Å². The average molecular weight is 251 g/mol. The van der Waals surface area contributed by atoms with Crippen molar-refractivity contribution in [2.75, 3.05) is 13.2 Å². The Morgan fingerprint density at radius 1 is 1.28 bits per heavy atom. The highest BCUT2D eigenvalue weighted by Crippen LogP contribution is 2.38. The van der Waals surface area contributed by atoms with E-state index < -0.39 is 0 Å². The highest BCUT2D eigenvalue weighted by molar-refractivity contribution is 5.05. The third kappa shape index (κ3) is 3.59. The second kappa shape index (κ2) is 6.39. The van der Waals surface area contributed by atoms with Crippen LogP contribution >= 0.6 is 0 Å². The first kappa shape index (κ1) is 13.6. The van der Waals surface area contributed by atoms with Crippen LogP contribution < -0.4 is 5.32 Å². The largest absolute Gasteiger partial charge is 0.465 e. The lowest BCUT2D eigenvalue weighted by molar-refractivity contribution is 0.125. The average Bonchev–Trinajstić information content (AvgIpc) is 2.77. The topological polar surface area (TPSA) is 45.4 Å². The Kier molecular flexibility index (Phi) is 4.84. The smallest absolute Gasteiger partial charge is 0.117 e. The Labute approximate surface area is 110 Å². The Balaban J connectivity index is 1.82. The van der Waals surface area contributed by atoms with E-state index in [-0.39, 0.29) is 0 Å². The van der Waals surface area contributed by atoms with E-state index in [1.165, 1.54) is 32.1 Å². The standard InChI is InChI=1S/C15H25NO2/c1-13-5-6-14(18-13)11-16-12-15(9-10-17)7-3-2-4-8-15/h5-6,16-17H,2-4,7-12H2,1H3. The molecule has 1 aromatic heterocycles. The lowest BCUT2D eigenvalue weighted by Gasteiger charge is -2.37. The molecule has 0 aliphatic heterocycles. The molecule has 1 aliphatic rings. The number of hydrogen-bond donors (Lipinski definition) is 2. The predicted octanol–water partition coefficient (Wildman–Crippen LogP) is 3.01. The number of aliphatic hydroxyl groups excluding tert-OH is 1. The maximum atomic E-state index is 9.26. The lowest BCUT2D eigenvalue weighted by Crippen LogP contribution is -2.36. The van der Waals surface area contributed by atoms with Crippen molar-refractivity contribution in [3.05, 3.63) is 23.7 Å². The number of rotatable bonds is 6. The molecule has 0 saturated heterocycles. The zero-order chi connectivity index (χ0) is 12.8. The van der Waals surface area contributed by atoms with Crippen LogP contribution in [0.15, 0.2) is 16.5 Å². The summed E-state index contributed by atoms with van der Waals surface area (Å²) in [5.74, 6) is 1.97. The normalized spacial score (nSPS) is 19.0. The van der Waals surface area contributed by atoms with Gasteiger partial charge >= 0.3 is 0 Å². The molecule has 1 saturated carbocycles. The summed E-state index contributed by atoms with van der Waals surface area (Å²) in [6, 6.07) is 4.03. The van der Waals surface area contributed by atoms with Crippen LogP contribution in [0, 0.1) is 12.3 Å². The predicted molar refractivity (Wildman–Crippen MR) is 72.4 cm³/mol. The third-order valence-electron chi connectivity index (χ3n) is 4.15. The molecule has 1 aromatic rings. The molecule has 102 valence electrons. The van der Waals surface area contributed by atoms with Gasteiger partial charge in [0.25, 0.3) is 0 Å². The summed E-state index contributed by atoms with van der Waals surface area (Å²) in [7, 11) is 0. The summed E-state index contributed by atoms with van der Waals surface area (Å²) in [5, 5.41) is 12.8. The minimum absolute atomic E-state index is 0.307. The molecule has 1 aliphatic carbocycles. The number of nitrogens with one attached hydrogen (secondary N) is 1. The minimum atomic E-state index is 0.307. The van der Waals surface area contributed by atoms with E-state index >= 15 is 0 Å². The molecule has 2 N–H and O–H groups in total. The first-order valence-corrected chi connectivity index (χ1v) is 7.11. The van der Waals surface area contributed by atoms with E-state index in [1.54, 1.807) is 0 Å². The number of aliphatic hydroxyl groups is 1. The fourth-order valence-corrected chi connectivity index (χ4v) is 3.09. The van der Waals surface area contributed by atoms with Gasteiger partial charge in [0.1, 0.15) is 11.5 Å². The zero-order valence-electron chi connectivity index (χ0n) is 11.4. The first-order chi connectivity index (χ1) is 8.74. The molecule has 2 rings (SSSR count). The van der Waals surface area contributed by atoms with E-state index in [4.69, 9.17) is 4.42 Å². The molecule has 0 amide bonds. The minimum Gasteiger partial charge on any atom is -0.465 e. The van der Waals surface area contributed by atoms with Gasteiger partial charge in [-0.2, -0.15) is 0 Å². The molecule has 0 radical (unpaired) electrons. The third-order valence-corrected chi connectivity index (χ3v) is 4.15. The van der Waals surface area contributed by atoms with Crippen LogP contribution in [-0.4, -0.2) is 18.3 Å². The number of furan rings is 1. The Hall–Kier alpha value is -0.800. The summed E-state index contributed by atoms with van der Waals surface area (Å²) >= 11 is 0. The molecule has 3 heteroatoms. The molecule has 18 heavy (non-hydrogen) atoms. The SMILES string of the molecule is Cc1ccc(CNCC2(CCO)CCCCC2)o1. The van der Waals surface area contributed by atoms with Crippen LogP contribution in [0.1, 0.15) is 50.0 Å². The van der Waals surface area contributed by atoms with E-state index in [9.17, 15) is 5.11 Å². The second-order valence-electron chi connectivity index (χ2n) is 5.65. The van der Waals surface area contributed by atoms with Crippen molar-refractivity contribution in [3.8, 4) is 0 Å². The fraction of sp³-hybridized carbons (Fsp3) is 0.733. The second-order valence-corrected chi connectivity index (χ2v) is 5.65. The number of aryl methyl sites for hydroxylation is 1. The van der Waals surface area contributed by atoms with Crippen LogP contribution in [0.25, 0.3) is 0 Å². The van der Waals surface area contributed by atoms with Gasteiger partial charge in [-0.25, -0.2) is 0 Å². The molecule has 3 nitrogen and oxygen atoms in total. The maximum Gasteiger partial charge on any atom is 0.117 e. The van der Waals surface area contributed by atoms with Crippen molar-refractivity contribution >= 4 is 0 Å². The Morgan fingerprint density at radius 3 is 2.67 bits per heavy atom. The van der Waals surface area contributed by atoms with Crippen molar-refractivity contribution in [1.29, 1.82) is 0 Å². The zero-order valence-corrected chi connectivity index (χ0v) is 11.4. The van der Waals surface area contributed by atoms with E-state index in [0.717, 1.165) is 31.0 Å². The van der Waals surface area contributed by atoms with Crippen LogP contribution in [0.4, 0.5) is 0 Å². The molecule has 0 unspecified atom stereocenters. The maximum absolute atomic E-state index is 9.26. The molecule has 0 bridgehead atoms. The quantitative estimate of drug-likeness (QED) is 0.817.